The number of carbonyl (C=O) groups is 1. The van der Waals surface area contributed by atoms with Crippen LogP contribution in [0.1, 0.15) is 17.0 Å². The first kappa shape index (κ1) is 47.4. The summed E-state index contributed by atoms with van der Waals surface area (Å²) in [6, 6.07) is 16.6. The van der Waals surface area contributed by atoms with Crippen molar-refractivity contribution in [1.29, 1.82) is 0 Å². The molecule has 0 heterocycles. The highest BCUT2D eigenvalue weighted by molar-refractivity contribution is 14.1. The average Bonchev–Trinajstić information content (AvgIpc) is 3.53. The molecule has 1 aliphatic rings. The normalized spacial score (nSPS) is 12.3. The van der Waals surface area contributed by atoms with E-state index in [0.717, 1.165) is 11.0 Å². The van der Waals surface area contributed by atoms with E-state index < -0.39 is 0 Å². The third kappa shape index (κ3) is 21.9. The van der Waals surface area contributed by atoms with Gasteiger partial charge in [0.05, 0.1) is 145 Å². The van der Waals surface area contributed by atoms with E-state index in [1.54, 1.807) is 7.05 Å². The maximum atomic E-state index is 12.6. The molecule has 0 N–H and O–H groups in total. The Bertz CT molecular complexity index is 1180. The second-order valence-corrected chi connectivity index (χ2v) is 13.2. The maximum absolute atomic E-state index is 12.6. The maximum Gasteiger partial charge on any atom is 0.409 e. The van der Waals surface area contributed by atoms with Crippen LogP contribution >= 0.6 is 22.6 Å². The molecule has 0 spiro atoms. The molecular formula is C40H62INO13. The molecule has 0 saturated heterocycles. The van der Waals surface area contributed by atoms with Gasteiger partial charge in [-0.3, -0.25) is 0 Å². The largest absolute Gasteiger partial charge is 0.448 e. The van der Waals surface area contributed by atoms with E-state index in [1.165, 1.54) is 27.2 Å². The van der Waals surface area contributed by atoms with Crippen LogP contribution in [-0.2, 0) is 56.8 Å². The Morgan fingerprint density at radius 2 is 0.764 bits per heavy atom. The van der Waals surface area contributed by atoms with Crippen LogP contribution in [0.25, 0.3) is 11.1 Å². The third-order valence-corrected chi connectivity index (χ3v) is 8.60. The van der Waals surface area contributed by atoms with Gasteiger partial charge in [0.15, 0.2) is 0 Å². The zero-order valence-corrected chi connectivity index (χ0v) is 34.7. The Kier molecular flexibility index (Phi) is 28.4. The lowest BCUT2D eigenvalue weighted by Crippen LogP contribution is -2.32. The van der Waals surface area contributed by atoms with Crippen molar-refractivity contribution in [3.63, 3.8) is 0 Å². The van der Waals surface area contributed by atoms with E-state index in [9.17, 15) is 4.79 Å². The number of halogens is 1. The predicted molar refractivity (Wildman–Crippen MR) is 216 cm³/mol. The van der Waals surface area contributed by atoms with Crippen LogP contribution in [0.3, 0.4) is 0 Å². The summed E-state index contributed by atoms with van der Waals surface area (Å²) in [5.41, 5.74) is 4.80. The summed E-state index contributed by atoms with van der Waals surface area (Å²) in [5.74, 6) is 0.0388. The number of hydrogen-bond donors (Lipinski definition) is 0. The molecule has 0 aromatic heterocycles. The number of rotatable bonds is 37. The van der Waals surface area contributed by atoms with Gasteiger partial charge in [-0.25, -0.2) is 4.79 Å². The fraction of sp³-hybridized carbons (Fsp3) is 0.675. The lowest BCUT2D eigenvalue weighted by Gasteiger charge is -2.19. The lowest BCUT2D eigenvalue weighted by molar-refractivity contribution is -0.0274. The van der Waals surface area contributed by atoms with Crippen LogP contribution in [-0.4, -0.2) is 181 Å². The summed E-state index contributed by atoms with van der Waals surface area (Å²) in [6.07, 6.45) is -0.364. The number of hydrogen-bond acceptors (Lipinski definition) is 13. The summed E-state index contributed by atoms with van der Waals surface area (Å²) < 4.78 is 67.0. The van der Waals surface area contributed by atoms with Gasteiger partial charge in [0.2, 0.25) is 0 Å². The van der Waals surface area contributed by atoms with Gasteiger partial charge >= 0.3 is 6.09 Å². The minimum atomic E-state index is -0.364. The molecule has 0 fully saturated rings. The van der Waals surface area contributed by atoms with Crippen molar-refractivity contribution in [2.75, 3.05) is 170 Å². The Morgan fingerprint density at radius 1 is 0.473 bits per heavy atom. The summed E-state index contributed by atoms with van der Waals surface area (Å²) in [4.78, 5) is 14.1. The summed E-state index contributed by atoms with van der Waals surface area (Å²) >= 11 is 2.28. The number of alkyl halides is 1. The highest BCUT2D eigenvalue weighted by Gasteiger charge is 2.29. The Morgan fingerprint density at radius 3 is 1.09 bits per heavy atom. The second-order valence-electron chi connectivity index (χ2n) is 12.2. The van der Waals surface area contributed by atoms with Crippen molar-refractivity contribution in [3.8, 4) is 11.1 Å². The molecule has 2 aromatic rings. The summed E-state index contributed by atoms with van der Waals surface area (Å²) in [5, 5.41) is 0. The van der Waals surface area contributed by atoms with Crippen LogP contribution < -0.4 is 0 Å². The topological polar surface area (TPSA) is 131 Å². The third-order valence-electron chi connectivity index (χ3n) is 8.16. The second kappa shape index (κ2) is 33.0. The molecule has 1 aliphatic carbocycles. The fourth-order valence-electron chi connectivity index (χ4n) is 5.35. The van der Waals surface area contributed by atoms with E-state index >= 15 is 0 Å². The quantitative estimate of drug-likeness (QED) is 0.0538. The lowest BCUT2D eigenvalue weighted by atomic mass is 9.98. The molecule has 312 valence electrons. The van der Waals surface area contributed by atoms with Crippen molar-refractivity contribution in [2.45, 2.75) is 5.92 Å². The van der Waals surface area contributed by atoms with Crippen LogP contribution in [0.4, 0.5) is 4.79 Å². The van der Waals surface area contributed by atoms with Gasteiger partial charge in [-0.05, 0) is 22.3 Å². The predicted octanol–water partition coefficient (Wildman–Crippen LogP) is 4.48. The summed E-state index contributed by atoms with van der Waals surface area (Å²) in [6.45, 7) is 12.0. The van der Waals surface area contributed by atoms with Crippen molar-refractivity contribution < 1.29 is 61.6 Å². The molecule has 3 rings (SSSR count). The summed E-state index contributed by atoms with van der Waals surface area (Å²) in [7, 11) is 1.71. The number of amides is 1. The van der Waals surface area contributed by atoms with E-state index in [1.807, 2.05) is 24.3 Å². The van der Waals surface area contributed by atoms with Gasteiger partial charge in [-0.1, -0.05) is 71.1 Å². The van der Waals surface area contributed by atoms with Crippen LogP contribution in [0, 0.1) is 0 Å². The highest BCUT2D eigenvalue weighted by atomic mass is 127. The number of fused-ring (bicyclic) bond motifs is 3. The molecule has 0 saturated carbocycles. The van der Waals surface area contributed by atoms with Crippen LogP contribution in [0.5, 0.6) is 0 Å². The first-order valence-corrected chi connectivity index (χ1v) is 20.7. The van der Waals surface area contributed by atoms with Gasteiger partial charge in [0.1, 0.15) is 6.61 Å². The van der Waals surface area contributed by atoms with Crippen LogP contribution in [0.15, 0.2) is 48.5 Å². The zero-order chi connectivity index (χ0) is 38.9. The van der Waals surface area contributed by atoms with E-state index in [0.29, 0.717) is 152 Å². The molecule has 55 heavy (non-hydrogen) atoms. The molecule has 0 bridgehead atoms. The van der Waals surface area contributed by atoms with Crippen LogP contribution in [0.2, 0.25) is 0 Å². The molecule has 0 unspecified atom stereocenters. The molecule has 2 aromatic carbocycles. The zero-order valence-electron chi connectivity index (χ0n) is 32.5. The van der Waals surface area contributed by atoms with Gasteiger partial charge in [0, 0.05) is 23.9 Å². The molecule has 1 amide bonds. The van der Waals surface area contributed by atoms with Crippen molar-refractivity contribution >= 4 is 28.7 Å². The van der Waals surface area contributed by atoms with Gasteiger partial charge in [0.25, 0.3) is 0 Å². The molecule has 0 radical (unpaired) electrons. The Balaban J connectivity index is 0.967. The minimum Gasteiger partial charge on any atom is -0.448 e. The van der Waals surface area contributed by atoms with Gasteiger partial charge in [-0.2, -0.15) is 0 Å². The first-order valence-electron chi connectivity index (χ1n) is 19.2. The fourth-order valence-corrected chi connectivity index (χ4v) is 5.66. The first-order chi connectivity index (χ1) is 27.2. The average molecular weight is 892 g/mol. The highest BCUT2D eigenvalue weighted by Crippen LogP contribution is 2.44. The number of benzene rings is 2. The molecular weight excluding hydrogens is 829 g/mol. The standard InChI is InChI=1S/C40H62INO13/c1-42(40(43)55-34-39-37-8-4-2-6-35(37)36-7-3-5-9-38(36)39)11-13-45-15-17-47-19-21-49-23-25-51-27-29-53-31-33-54-32-30-52-28-26-50-24-22-48-20-18-46-16-14-44-12-10-41/h2-9,39H,10-34H2,1H3. The molecule has 0 atom stereocenters. The molecule has 14 nitrogen and oxygen atoms in total. The van der Waals surface area contributed by atoms with Crippen molar-refractivity contribution in [1.82, 2.24) is 4.90 Å². The van der Waals surface area contributed by atoms with Gasteiger partial charge in [-0.15, -0.1) is 0 Å². The van der Waals surface area contributed by atoms with E-state index in [2.05, 4.69) is 46.9 Å². The molecule has 15 heteroatoms. The monoisotopic (exact) mass is 891 g/mol. The minimum absolute atomic E-state index is 0.0388. The SMILES string of the molecule is CN(CCOCCOCCOCCOCCOCCOCCOCCOCCOCCOCCOCCI)C(=O)OCC1c2ccccc2-c2ccccc21. The number of likely N-dealkylation sites (N-methyl/N-ethyl adjacent to an activating group) is 1. The van der Waals surface area contributed by atoms with E-state index in [-0.39, 0.29) is 12.0 Å². The Labute approximate surface area is 340 Å². The smallest absolute Gasteiger partial charge is 0.409 e. The van der Waals surface area contributed by atoms with Crippen molar-refractivity contribution in [3.05, 3.63) is 59.7 Å². The van der Waals surface area contributed by atoms with Gasteiger partial charge < -0.3 is 61.7 Å². The number of carbonyl (C=O) groups excluding carboxylic acids is 1. The number of nitrogens with zero attached hydrogens (tertiary/aromatic N) is 1. The Hall–Kier alpha value is -2.00. The molecule has 0 aliphatic heterocycles. The van der Waals surface area contributed by atoms with Crippen molar-refractivity contribution in [2.24, 2.45) is 0 Å². The van der Waals surface area contributed by atoms with E-state index in [4.69, 9.17) is 56.8 Å². The number of ether oxygens (including phenoxy) is 12.